The normalized spacial score (nSPS) is 12.8. The highest BCUT2D eigenvalue weighted by Crippen LogP contribution is 2.33. The van der Waals surface area contributed by atoms with Gasteiger partial charge in [0, 0.05) is 17.3 Å². The fraction of sp³-hybridized carbons (Fsp3) is 0.172. The number of methoxy groups -OCH3 is 2. The average Bonchev–Trinajstić information content (AvgIpc) is 3.18. The van der Waals surface area contributed by atoms with E-state index in [4.69, 9.17) is 25.8 Å². The van der Waals surface area contributed by atoms with Gasteiger partial charge in [-0.1, -0.05) is 30.7 Å². The van der Waals surface area contributed by atoms with Crippen molar-refractivity contribution in [2.75, 3.05) is 36.4 Å². The molecule has 206 valence electrons. The number of halogens is 1. The molecule has 1 aliphatic rings. The summed E-state index contributed by atoms with van der Waals surface area (Å²) >= 11 is 6.26. The molecule has 11 heteroatoms. The van der Waals surface area contributed by atoms with Crippen LogP contribution in [0.15, 0.2) is 77.5 Å². The van der Waals surface area contributed by atoms with Gasteiger partial charge < -0.3 is 24.8 Å². The van der Waals surface area contributed by atoms with E-state index in [9.17, 15) is 19.2 Å². The van der Waals surface area contributed by atoms with Crippen molar-refractivity contribution < 1.29 is 33.4 Å². The van der Waals surface area contributed by atoms with E-state index in [2.05, 4.69) is 10.6 Å². The molecule has 1 aliphatic heterocycles. The third kappa shape index (κ3) is 5.76. The zero-order chi connectivity index (χ0) is 28.8. The number of para-hydroxylation sites is 1. The number of rotatable bonds is 10. The maximum Gasteiger partial charge on any atom is 0.340 e. The van der Waals surface area contributed by atoms with Crippen LogP contribution in [-0.4, -0.2) is 44.5 Å². The lowest BCUT2D eigenvalue weighted by atomic mass is 10.1. The Morgan fingerprint density at radius 2 is 1.65 bits per heavy atom. The minimum absolute atomic E-state index is 0.0622. The minimum Gasteiger partial charge on any atom is -0.497 e. The summed E-state index contributed by atoms with van der Waals surface area (Å²) in [6.45, 7) is 2.05. The number of carbonyl (C=O) groups excluding carboxylic acids is 4. The van der Waals surface area contributed by atoms with Gasteiger partial charge in [0.2, 0.25) is 0 Å². The zero-order valence-corrected chi connectivity index (χ0v) is 22.7. The van der Waals surface area contributed by atoms with Crippen molar-refractivity contribution in [2.24, 2.45) is 0 Å². The summed E-state index contributed by atoms with van der Waals surface area (Å²) in [5, 5.41) is 5.30. The molecule has 0 saturated heterocycles. The number of nitrogens with zero attached hydrogens (tertiary/aromatic N) is 1. The number of benzene rings is 3. The molecule has 0 spiro atoms. The van der Waals surface area contributed by atoms with Gasteiger partial charge in [0.25, 0.3) is 17.7 Å². The van der Waals surface area contributed by atoms with Crippen LogP contribution in [-0.2, 0) is 14.3 Å². The molecule has 0 unspecified atom stereocenters. The molecule has 1 heterocycles. The molecule has 10 nitrogen and oxygen atoms in total. The van der Waals surface area contributed by atoms with Crippen LogP contribution >= 0.6 is 11.6 Å². The Hall–Kier alpha value is -4.83. The highest BCUT2D eigenvalue weighted by Gasteiger charge is 2.40. The molecule has 0 saturated carbocycles. The van der Waals surface area contributed by atoms with Gasteiger partial charge in [0.15, 0.2) is 0 Å². The molecule has 2 N–H and O–H groups in total. The number of nitrogens with one attached hydrogen (secondary N) is 2. The average molecular weight is 564 g/mol. The molecule has 0 bridgehead atoms. The lowest BCUT2D eigenvalue weighted by molar-refractivity contribution is -0.120. The maximum absolute atomic E-state index is 13.3. The molecular formula is C29H26ClN3O7. The lowest BCUT2D eigenvalue weighted by Crippen LogP contribution is -2.33. The molecule has 0 aliphatic carbocycles. The summed E-state index contributed by atoms with van der Waals surface area (Å²) < 4.78 is 15.7. The van der Waals surface area contributed by atoms with Crippen molar-refractivity contribution in [3.8, 4) is 11.5 Å². The van der Waals surface area contributed by atoms with Crippen LogP contribution < -0.4 is 25.0 Å². The van der Waals surface area contributed by atoms with Gasteiger partial charge in [0.05, 0.1) is 37.8 Å². The third-order valence-corrected chi connectivity index (χ3v) is 6.25. The molecule has 0 fully saturated rings. The summed E-state index contributed by atoms with van der Waals surface area (Å²) in [6, 6.07) is 17.4. The van der Waals surface area contributed by atoms with Crippen LogP contribution in [0.2, 0.25) is 0 Å². The van der Waals surface area contributed by atoms with E-state index < -0.39 is 23.7 Å². The Kier molecular flexibility index (Phi) is 8.70. The fourth-order valence-electron chi connectivity index (χ4n) is 3.89. The number of hydrogen-bond donors (Lipinski definition) is 2. The first-order chi connectivity index (χ1) is 19.3. The predicted molar refractivity (Wildman–Crippen MR) is 150 cm³/mol. The molecule has 40 heavy (non-hydrogen) atoms. The van der Waals surface area contributed by atoms with Crippen molar-refractivity contribution in [1.29, 1.82) is 0 Å². The van der Waals surface area contributed by atoms with E-state index >= 15 is 0 Å². The molecule has 3 aromatic rings. The van der Waals surface area contributed by atoms with Gasteiger partial charge >= 0.3 is 5.97 Å². The second kappa shape index (κ2) is 12.4. The molecule has 0 radical (unpaired) electrons. The van der Waals surface area contributed by atoms with E-state index in [0.29, 0.717) is 34.9 Å². The molecule has 3 aromatic carbocycles. The number of hydrogen-bond acceptors (Lipinski definition) is 8. The highest BCUT2D eigenvalue weighted by atomic mass is 35.5. The fourth-order valence-corrected chi connectivity index (χ4v) is 4.10. The molecule has 0 aromatic heterocycles. The largest absolute Gasteiger partial charge is 0.497 e. The van der Waals surface area contributed by atoms with Crippen molar-refractivity contribution in [3.05, 3.63) is 88.6 Å². The lowest BCUT2D eigenvalue weighted by Gasteiger charge is -2.18. The van der Waals surface area contributed by atoms with Crippen LogP contribution in [0.1, 0.15) is 34.1 Å². The van der Waals surface area contributed by atoms with Crippen LogP contribution in [0.4, 0.5) is 17.1 Å². The Bertz CT molecular complexity index is 1500. The standard InChI is InChI=1S/C29H26ClN3O7/c1-4-15-40-29(37)20-7-5-6-8-22(20)33-27(35)24(30)25(28(33)36)31-18-11-9-17(10-12-18)26(34)32-21-14-13-19(38-2)16-23(21)39-3/h5-14,16,31H,4,15H2,1-3H3,(H,32,34). The van der Waals surface area contributed by atoms with Gasteiger partial charge in [-0.2, -0.15) is 0 Å². The number of anilines is 3. The summed E-state index contributed by atoms with van der Waals surface area (Å²) in [7, 11) is 3.01. The van der Waals surface area contributed by atoms with Crippen molar-refractivity contribution in [2.45, 2.75) is 13.3 Å². The van der Waals surface area contributed by atoms with E-state index in [1.165, 1.54) is 26.4 Å². The van der Waals surface area contributed by atoms with E-state index in [-0.39, 0.29) is 28.6 Å². The summed E-state index contributed by atoms with van der Waals surface area (Å²) in [4.78, 5) is 52.4. The minimum atomic E-state index is -0.783. The van der Waals surface area contributed by atoms with Gasteiger partial charge in [-0.15, -0.1) is 0 Å². The van der Waals surface area contributed by atoms with Crippen LogP contribution in [0.3, 0.4) is 0 Å². The number of imide groups is 1. The Morgan fingerprint density at radius 1 is 0.925 bits per heavy atom. The maximum atomic E-state index is 13.3. The SMILES string of the molecule is CCCOC(=O)c1ccccc1N1C(=O)C(Cl)=C(Nc2ccc(C(=O)Nc3ccc(OC)cc3OC)cc2)C1=O. The van der Waals surface area contributed by atoms with Gasteiger partial charge in [-0.25, -0.2) is 9.69 Å². The quantitative estimate of drug-likeness (QED) is 0.262. The first kappa shape index (κ1) is 28.2. The van der Waals surface area contributed by atoms with Crippen molar-refractivity contribution >= 4 is 52.4 Å². The molecule has 0 atom stereocenters. The summed E-state index contributed by atoms with van der Waals surface area (Å²) in [5.41, 5.74) is 1.16. The number of esters is 1. The predicted octanol–water partition coefficient (Wildman–Crippen LogP) is 4.96. The van der Waals surface area contributed by atoms with Crippen LogP contribution in [0.25, 0.3) is 0 Å². The summed E-state index contributed by atoms with van der Waals surface area (Å²) in [6.07, 6.45) is 0.618. The van der Waals surface area contributed by atoms with Crippen LogP contribution in [0, 0.1) is 0 Å². The Labute approximate surface area is 235 Å². The van der Waals surface area contributed by atoms with E-state index in [1.807, 2.05) is 6.92 Å². The van der Waals surface area contributed by atoms with Gasteiger partial charge in [-0.05, 0) is 55.0 Å². The third-order valence-electron chi connectivity index (χ3n) is 5.90. The topological polar surface area (TPSA) is 123 Å². The molecule has 4 rings (SSSR count). The smallest absolute Gasteiger partial charge is 0.340 e. The zero-order valence-electron chi connectivity index (χ0n) is 21.9. The number of amides is 3. The second-order valence-corrected chi connectivity index (χ2v) is 8.89. The highest BCUT2D eigenvalue weighted by molar-refractivity contribution is 6.53. The molecule has 3 amide bonds. The van der Waals surface area contributed by atoms with Crippen molar-refractivity contribution in [1.82, 2.24) is 0 Å². The van der Waals surface area contributed by atoms with Gasteiger partial charge in [0.1, 0.15) is 22.2 Å². The number of ether oxygens (including phenoxy) is 3. The van der Waals surface area contributed by atoms with Crippen LogP contribution in [0.5, 0.6) is 11.5 Å². The van der Waals surface area contributed by atoms with Crippen molar-refractivity contribution in [3.63, 3.8) is 0 Å². The van der Waals surface area contributed by atoms with E-state index in [1.54, 1.807) is 54.6 Å². The second-order valence-electron chi connectivity index (χ2n) is 8.51. The Balaban J connectivity index is 1.49. The Morgan fingerprint density at radius 3 is 2.33 bits per heavy atom. The van der Waals surface area contributed by atoms with E-state index in [0.717, 1.165) is 4.90 Å². The first-order valence-corrected chi connectivity index (χ1v) is 12.6. The molecular weight excluding hydrogens is 538 g/mol. The summed E-state index contributed by atoms with van der Waals surface area (Å²) in [5.74, 6) is -1.55. The van der Waals surface area contributed by atoms with Gasteiger partial charge in [-0.3, -0.25) is 14.4 Å². The monoisotopic (exact) mass is 563 g/mol. The first-order valence-electron chi connectivity index (χ1n) is 12.2. The number of carbonyl (C=O) groups is 4.